The van der Waals surface area contributed by atoms with Crippen LogP contribution >= 0.6 is 0 Å². The van der Waals surface area contributed by atoms with Gasteiger partial charge in [0.2, 0.25) is 0 Å². The van der Waals surface area contributed by atoms with E-state index in [9.17, 15) is 0 Å². The number of nitrogens with two attached hydrogens (primary N) is 1. The molecule has 0 bridgehead atoms. The van der Waals surface area contributed by atoms with Crippen LogP contribution in [0.25, 0.3) is 0 Å². The Bertz CT molecular complexity index is 241. The summed E-state index contributed by atoms with van der Waals surface area (Å²) >= 11 is 0. The van der Waals surface area contributed by atoms with Crippen molar-refractivity contribution in [3.63, 3.8) is 0 Å². The van der Waals surface area contributed by atoms with E-state index in [-0.39, 0.29) is 6.29 Å². The van der Waals surface area contributed by atoms with Gasteiger partial charge in [0, 0.05) is 12.7 Å². The van der Waals surface area contributed by atoms with Crippen LogP contribution in [0.2, 0.25) is 0 Å². The Hall–Kier alpha value is -1.05. The highest BCUT2D eigenvalue weighted by Crippen LogP contribution is 2.18. The molecule has 14 heavy (non-hydrogen) atoms. The lowest BCUT2D eigenvalue weighted by molar-refractivity contribution is -0.176. The van der Waals surface area contributed by atoms with Crippen molar-refractivity contribution < 1.29 is 9.47 Å². The van der Waals surface area contributed by atoms with E-state index in [0.717, 1.165) is 0 Å². The van der Waals surface area contributed by atoms with Crippen molar-refractivity contribution in [2.75, 3.05) is 6.61 Å². The molecular weight excluding hydrogens is 180 g/mol. The molecule has 0 rings (SSSR count). The molecule has 0 aliphatic carbocycles. The SMILES string of the molecule is CCOC(C)OC(C)(C)C(N)=CC#N. The summed E-state index contributed by atoms with van der Waals surface area (Å²) in [5, 5.41) is 8.44. The Kier molecular flexibility index (Phi) is 5.21. The van der Waals surface area contributed by atoms with Crippen LogP contribution in [0.4, 0.5) is 0 Å². The summed E-state index contributed by atoms with van der Waals surface area (Å²) in [7, 11) is 0. The van der Waals surface area contributed by atoms with Crippen LogP contribution < -0.4 is 5.73 Å². The number of allylic oxidation sites excluding steroid dienone is 1. The molecular formula is C10H18N2O2. The summed E-state index contributed by atoms with van der Waals surface area (Å²) in [5.74, 6) is 0. The standard InChI is InChI=1S/C10H18N2O2/c1-5-13-8(2)14-10(3,4)9(12)6-7-11/h6,8H,5,12H2,1-4H3. The Morgan fingerprint density at radius 2 is 2.21 bits per heavy atom. The van der Waals surface area contributed by atoms with Crippen LogP contribution in [0.1, 0.15) is 27.7 Å². The first-order chi connectivity index (χ1) is 6.44. The van der Waals surface area contributed by atoms with Gasteiger partial charge in [-0.3, -0.25) is 0 Å². The lowest BCUT2D eigenvalue weighted by Gasteiger charge is -2.28. The minimum absolute atomic E-state index is 0.333. The van der Waals surface area contributed by atoms with Gasteiger partial charge in [-0.15, -0.1) is 0 Å². The number of nitriles is 1. The Morgan fingerprint density at radius 3 is 2.64 bits per heavy atom. The molecule has 0 heterocycles. The molecule has 0 radical (unpaired) electrons. The van der Waals surface area contributed by atoms with Crippen LogP contribution in [-0.4, -0.2) is 18.5 Å². The summed E-state index contributed by atoms with van der Waals surface area (Å²) in [6, 6.07) is 1.87. The average molecular weight is 198 g/mol. The number of nitrogens with zero attached hydrogens (tertiary/aromatic N) is 1. The molecule has 0 saturated carbocycles. The first-order valence-corrected chi connectivity index (χ1v) is 4.59. The summed E-state index contributed by atoms with van der Waals surface area (Å²) in [5.41, 5.74) is 5.38. The second-order valence-corrected chi connectivity index (χ2v) is 3.38. The highest BCUT2D eigenvalue weighted by molar-refractivity contribution is 5.18. The fraction of sp³-hybridized carbons (Fsp3) is 0.700. The molecule has 0 aliphatic rings. The molecule has 0 fully saturated rings. The molecule has 0 saturated heterocycles. The molecule has 4 nitrogen and oxygen atoms in total. The lowest BCUT2D eigenvalue weighted by atomic mass is 10.1. The number of hydrogen-bond donors (Lipinski definition) is 1. The zero-order valence-electron chi connectivity index (χ0n) is 9.20. The van der Waals surface area contributed by atoms with Gasteiger partial charge < -0.3 is 15.2 Å². The molecule has 0 aromatic heterocycles. The van der Waals surface area contributed by atoms with Crippen molar-refractivity contribution in [1.82, 2.24) is 0 Å². The minimum Gasteiger partial charge on any atom is -0.399 e. The maximum Gasteiger partial charge on any atom is 0.156 e. The summed E-state index contributed by atoms with van der Waals surface area (Å²) < 4.78 is 10.7. The third kappa shape index (κ3) is 4.26. The molecule has 80 valence electrons. The summed E-state index contributed by atoms with van der Waals surface area (Å²) in [4.78, 5) is 0. The zero-order valence-corrected chi connectivity index (χ0v) is 9.20. The predicted molar refractivity (Wildman–Crippen MR) is 54.1 cm³/mol. The zero-order chi connectivity index (χ0) is 11.2. The maximum atomic E-state index is 8.44. The average Bonchev–Trinajstić information content (AvgIpc) is 2.03. The fourth-order valence-corrected chi connectivity index (χ4v) is 0.995. The van der Waals surface area contributed by atoms with E-state index in [1.165, 1.54) is 6.08 Å². The molecule has 0 amide bonds. The fourth-order valence-electron chi connectivity index (χ4n) is 0.995. The highest BCUT2D eigenvalue weighted by atomic mass is 16.7. The van der Waals surface area contributed by atoms with Gasteiger partial charge in [-0.05, 0) is 27.7 Å². The molecule has 1 atom stereocenters. The Balaban J connectivity index is 4.34. The first-order valence-electron chi connectivity index (χ1n) is 4.59. The third-order valence-corrected chi connectivity index (χ3v) is 1.78. The van der Waals surface area contributed by atoms with Gasteiger partial charge in [-0.25, -0.2) is 0 Å². The van der Waals surface area contributed by atoms with Crippen LogP contribution in [0.5, 0.6) is 0 Å². The van der Waals surface area contributed by atoms with Crippen molar-refractivity contribution >= 4 is 0 Å². The Labute approximate surface area is 85.3 Å². The predicted octanol–water partition coefficient (Wildman–Crippen LogP) is 1.53. The van der Waals surface area contributed by atoms with Crippen molar-refractivity contribution in [1.29, 1.82) is 5.26 Å². The van der Waals surface area contributed by atoms with Gasteiger partial charge in [0.25, 0.3) is 0 Å². The van der Waals surface area contributed by atoms with E-state index in [0.29, 0.717) is 12.3 Å². The molecule has 0 aliphatic heterocycles. The maximum absolute atomic E-state index is 8.44. The number of rotatable bonds is 5. The van der Waals surface area contributed by atoms with Crippen LogP contribution in [0, 0.1) is 11.3 Å². The lowest BCUT2D eigenvalue weighted by Crippen LogP contribution is -2.36. The van der Waals surface area contributed by atoms with Crippen LogP contribution in [0.3, 0.4) is 0 Å². The minimum atomic E-state index is -0.676. The second-order valence-electron chi connectivity index (χ2n) is 3.38. The van der Waals surface area contributed by atoms with Crippen molar-refractivity contribution in [3.8, 4) is 6.07 Å². The third-order valence-electron chi connectivity index (χ3n) is 1.78. The molecule has 2 N–H and O–H groups in total. The number of ether oxygens (including phenoxy) is 2. The molecule has 0 spiro atoms. The Morgan fingerprint density at radius 1 is 1.64 bits per heavy atom. The molecule has 0 aromatic carbocycles. The van der Waals surface area contributed by atoms with E-state index < -0.39 is 5.60 Å². The van der Waals surface area contributed by atoms with Gasteiger partial charge in [0.1, 0.15) is 5.60 Å². The smallest absolute Gasteiger partial charge is 0.156 e. The highest BCUT2D eigenvalue weighted by Gasteiger charge is 2.24. The van der Waals surface area contributed by atoms with E-state index in [1.807, 2.05) is 13.0 Å². The molecule has 0 aromatic rings. The summed E-state index contributed by atoms with van der Waals surface area (Å²) in [6.45, 7) is 7.86. The van der Waals surface area contributed by atoms with E-state index in [4.69, 9.17) is 20.5 Å². The van der Waals surface area contributed by atoms with E-state index in [1.54, 1.807) is 20.8 Å². The topological polar surface area (TPSA) is 68.3 Å². The van der Waals surface area contributed by atoms with Crippen molar-refractivity contribution in [2.24, 2.45) is 5.73 Å². The first kappa shape index (κ1) is 12.9. The second kappa shape index (κ2) is 5.63. The quantitative estimate of drug-likeness (QED) is 0.537. The summed E-state index contributed by atoms with van der Waals surface area (Å²) in [6.07, 6.45) is 0.944. The largest absolute Gasteiger partial charge is 0.399 e. The van der Waals surface area contributed by atoms with Crippen molar-refractivity contribution in [2.45, 2.75) is 39.6 Å². The monoisotopic (exact) mass is 198 g/mol. The van der Waals surface area contributed by atoms with Crippen molar-refractivity contribution in [3.05, 3.63) is 11.8 Å². The number of hydrogen-bond acceptors (Lipinski definition) is 4. The van der Waals surface area contributed by atoms with Gasteiger partial charge in [-0.2, -0.15) is 5.26 Å². The van der Waals surface area contributed by atoms with Gasteiger partial charge in [0.05, 0.1) is 11.8 Å². The molecule has 4 heteroatoms. The van der Waals surface area contributed by atoms with E-state index in [2.05, 4.69) is 0 Å². The van der Waals surface area contributed by atoms with E-state index >= 15 is 0 Å². The van der Waals surface area contributed by atoms with Gasteiger partial charge in [0.15, 0.2) is 6.29 Å². The van der Waals surface area contributed by atoms with Crippen LogP contribution in [-0.2, 0) is 9.47 Å². The normalized spacial score (nSPS) is 14.9. The van der Waals surface area contributed by atoms with Gasteiger partial charge in [-0.1, -0.05) is 0 Å². The van der Waals surface area contributed by atoms with Crippen LogP contribution in [0.15, 0.2) is 11.8 Å². The molecule has 1 unspecified atom stereocenters. The van der Waals surface area contributed by atoms with Gasteiger partial charge >= 0.3 is 0 Å².